The number of benzene rings is 1. The molecule has 0 radical (unpaired) electrons. The Morgan fingerprint density at radius 1 is 1.30 bits per heavy atom. The minimum absolute atomic E-state index is 0.0530. The molecular formula is C18H26N2O3. The lowest BCUT2D eigenvalue weighted by Gasteiger charge is -2.33. The molecule has 126 valence electrons. The van der Waals surface area contributed by atoms with Crippen LogP contribution in [0.3, 0.4) is 0 Å². The van der Waals surface area contributed by atoms with E-state index in [2.05, 4.69) is 5.32 Å². The lowest BCUT2D eigenvalue weighted by molar-refractivity contribution is -0.121. The molecule has 0 aliphatic carbocycles. The Morgan fingerprint density at radius 2 is 2.04 bits per heavy atom. The molecule has 0 bridgehead atoms. The van der Waals surface area contributed by atoms with Crippen LogP contribution in [0.4, 0.5) is 0 Å². The van der Waals surface area contributed by atoms with E-state index in [1.807, 2.05) is 11.8 Å². The molecule has 1 N–H and O–H groups in total. The molecule has 1 aromatic carbocycles. The summed E-state index contributed by atoms with van der Waals surface area (Å²) in [4.78, 5) is 26.1. The van der Waals surface area contributed by atoms with Gasteiger partial charge in [-0.3, -0.25) is 9.59 Å². The summed E-state index contributed by atoms with van der Waals surface area (Å²) in [7, 11) is 1.61. The maximum Gasteiger partial charge on any atom is 0.253 e. The van der Waals surface area contributed by atoms with Crippen molar-refractivity contribution in [3.63, 3.8) is 0 Å². The van der Waals surface area contributed by atoms with Crippen molar-refractivity contribution >= 4 is 11.8 Å². The summed E-state index contributed by atoms with van der Waals surface area (Å²) < 4.78 is 5.12. The second-order valence-electron chi connectivity index (χ2n) is 6.04. The van der Waals surface area contributed by atoms with E-state index in [4.69, 9.17) is 4.74 Å². The van der Waals surface area contributed by atoms with Crippen LogP contribution in [0, 0.1) is 5.92 Å². The molecule has 1 heterocycles. The number of piperidine rings is 1. The van der Waals surface area contributed by atoms with E-state index in [9.17, 15) is 9.59 Å². The van der Waals surface area contributed by atoms with Gasteiger partial charge in [-0.1, -0.05) is 6.92 Å². The summed E-state index contributed by atoms with van der Waals surface area (Å²) in [5.41, 5.74) is 0.682. The van der Waals surface area contributed by atoms with Gasteiger partial charge in [0.25, 0.3) is 5.91 Å². The molecule has 1 aliphatic heterocycles. The first kappa shape index (κ1) is 17.3. The van der Waals surface area contributed by atoms with Crippen LogP contribution < -0.4 is 10.1 Å². The van der Waals surface area contributed by atoms with Crippen molar-refractivity contribution in [3.8, 4) is 5.75 Å². The summed E-state index contributed by atoms with van der Waals surface area (Å²) in [6.07, 6.45) is 3.47. The average Bonchev–Trinajstić information content (AvgIpc) is 2.60. The summed E-state index contributed by atoms with van der Waals surface area (Å²) in [6.45, 7) is 4.14. The van der Waals surface area contributed by atoms with Gasteiger partial charge in [-0.25, -0.2) is 0 Å². The lowest BCUT2D eigenvalue weighted by Crippen LogP contribution is -2.43. The molecule has 0 saturated carbocycles. The third-order valence-corrected chi connectivity index (χ3v) is 4.21. The monoisotopic (exact) mass is 318 g/mol. The first-order valence-electron chi connectivity index (χ1n) is 8.34. The smallest absolute Gasteiger partial charge is 0.253 e. The Labute approximate surface area is 138 Å². The fraction of sp³-hybridized carbons (Fsp3) is 0.556. The molecule has 5 heteroatoms. The van der Waals surface area contributed by atoms with Gasteiger partial charge in [-0.05, 0) is 49.4 Å². The van der Waals surface area contributed by atoms with Crippen molar-refractivity contribution in [3.05, 3.63) is 29.8 Å². The quantitative estimate of drug-likeness (QED) is 0.876. The van der Waals surface area contributed by atoms with E-state index in [1.54, 1.807) is 31.4 Å². The van der Waals surface area contributed by atoms with Gasteiger partial charge in [-0.15, -0.1) is 0 Å². The molecule has 1 saturated heterocycles. The molecular weight excluding hydrogens is 292 g/mol. The van der Waals surface area contributed by atoms with Crippen LogP contribution >= 0.6 is 0 Å². The highest BCUT2D eigenvalue weighted by Crippen LogP contribution is 2.19. The zero-order valence-electron chi connectivity index (χ0n) is 14.0. The number of nitrogens with one attached hydrogen (secondary N) is 1. The Balaban J connectivity index is 1.89. The molecule has 2 rings (SSSR count). The number of ether oxygens (including phenoxy) is 1. The van der Waals surface area contributed by atoms with Crippen molar-refractivity contribution < 1.29 is 14.3 Å². The van der Waals surface area contributed by atoms with Crippen LogP contribution in [0.1, 0.15) is 43.0 Å². The number of methoxy groups -OCH3 is 1. The Morgan fingerprint density at radius 3 is 2.70 bits per heavy atom. The van der Waals surface area contributed by atoms with Crippen LogP contribution in [0.25, 0.3) is 0 Å². The standard InChI is InChI=1S/C18H26N2O3/c1-3-5-17(21)19-12-14-6-4-11-20(13-14)18(22)15-7-9-16(23-2)10-8-15/h7-10,14H,3-6,11-13H2,1-2H3,(H,19,21)/t14-/m1/s1. The maximum absolute atomic E-state index is 12.6. The second-order valence-corrected chi connectivity index (χ2v) is 6.04. The van der Waals surface area contributed by atoms with Crippen LogP contribution in [0.2, 0.25) is 0 Å². The Bertz CT molecular complexity index is 528. The SMILES string of the molecule is CCCC(=O)NC[C@H]1CCCN(C(=O)c2ccc(OC)cc2)C1. The lowest BCUT2D eigenvalue weighted by atomic mass is 9.97. The van der Waals surface area contributed by atoms with E-state index in [-0.39, 0.29) is 11.8 Å². The van der Waals surface area contributed by atoms with Gasteiger partial charge in [-0.2, -0.15) is 0 Å². The summed E-state index contributed by atoms with van der Waals surface area (Å²) in [6, 6.07) is 7.21. The van der Waals surface area contributed by atoms with Gasteiger partial charge in [0.1, 0.15) is 5.75 Å². The summed E-state index contributed by atoms with van der Waals surface area (Å²) >= 11 is 0. The Kier molecular flexibility index (Phi) is 6.44. The first-order chi connectivity index (χ1) is 11.1. The zero-order chi connectivity index (χ0) is 16.7. The normalized spacial score (nSPS) is 17.7. The predicted molar refractivity (Wildman–Crippen MR) is 89.5 cm³/mol. The van der Waals surface area contributed by atoms with Crippen molar-refractivity contribution in [1.29, 1.82) is 0 Å². The molecule has 1 fully saturated rings. The molecule has 1 aromatic rings. The molecule has 0 unspecified atom stereocenters. The Hall–Kier alpha value is -2.04. The summed E-state index contributed by atoms with van der Waals surface area (Å²) in [5.74, 6) is 1.24. The van der Waals surface area contributed by atoms with Gasteiger partial charge in [0.05, 0.1) is 7.11 Å². The van der Waals surface area contributed by atoms with Crippen molar-refractivity contribution in [1.82, 2.24) is 10.2 Å². The van der Waals surface area contributed by atoms with Gasteiger partial charge in [0.2, 0.25) is 5.91 Å². The first-order valence-corrected chi connectivity index (χ1v) is 8.34. The number of amides is 2. The molecule has 1 aliphatic rings. The highest BCUT2D eigenvalue weighted by Gasteiger charge is 2.24. The average molecular weight is 318 g/mol. The maximum atomic E-state index is 12.6. The topological polar surface area (TPSA) is 58.6 Å². The largest absolute Gasteiger partial charge is 0.497 e. The van der Waals surface area contributed by atoms with Gasteiger partial charge < -0.3 is 15.0 Å². The molecule has 0 spiro atoms. The van der Waals surface area contributed by atoms with E-state index < -0.39 is 0 Å². The fourth-order valence-electron chi connectivity index (χ4n) is 2.91. The van der Waals surface area contributed by atoms with E-state index >= 15 is 0 Å². The van der Waals surface area contributed by atoms with Gasteiger partial charge >= 0.3 is 0 Å². The number of rotatable bonds is 6. The van der Waals surface area contributed by atoms with E-state index in [0.29, 0.717) is 31.0 Å². The molecule has 5 nitrogen and oxygen atoms in total. The van der Waals surface area contributed by atoms with Crippen LogP contribution in [0.15, 0.2) is 24.3 Å². The number of hydrogen-bond donors (Lipinski definition) is 1. The minimum Gasteiger partial charge on any atom is -0.497 e. The molecule has 1 atom stereocenters. The van der Waals surface area contributed by atoms with Gasteiger partial charge in [0, 0.05) is 31.6 Å². The highest BCUT2D eigenvalue weighted by atomic mass is 16.5. The van der Waals surface area contributed by atoms with Crippen molar-refractivity contribution in [2.45, 2.75) is 32.6 Å². The number of likely N-dealkylation sites (tertiary alicyclic amines) is 1. The predicted octanol–water partition coefficient (Wildman–Crippen LogP) is 2.46. The number of hydrogen-bond acceptors (Lipinski definition) is 3. The molecule has 2 amide bonds. The van der Waals surface area contributed by atoms with Crippen LogP contribution in [-0.2, 0) is 4.79 Å². The van der Waals surface area contributed by atoms with Crippen molar-refractivity contribution in [2.24, 2.45) is 5.92 Å². The van der Waals surface area contributed by atoms with E-state index in [1.165, 1.54) is 0 Å². The summed E-state index contributed by atoms with van der Waals surface area (Å²) in [5, 5.41) is 2.97. The highest BCUT2D eigenvalue weighted by molar-refractivity contribution is 5.94. The van der Waals surface area contributed by atoms with Gasteiger partial charge in [0.15, 0.2) is 0 Å². The number of carbonyl (C=O) groups excluding carboxylic acids is 2. The zero-order valence-corrected chi connectivity index (χ0v) is 14.0. The minimum atomic E-state index is 0.0530. The third-order valence-electron chi connectivity index (χ3n) is 4.21. The third kappa shape index (κ3) is 4.98. The van der Waals surface area contributed by atoms with E-state index in [0.717, 1.165) is 31.6 Å². The number of nitrogens with zero attached hydrogens (tertiary/aromatic N) is 1. The number of carbonyl (C=O) groups is 2. The molecule has 23 heavy (non-hydrogen) atoms. The molecule has 0 aromatic heterocycles. The van der Waals surface area contributed by atoms with Crippen LogP contribution in [0.5, 0.6) is 5.75 Å². The second kappa shape index (κ2) is 8.56. The van der Waals surface area contributed by atoms with Crippen molar-refractivity contribution in [2.75, 3.05) is 26.7 Å². The fourth-order valence-corrected chi connectivity index (χ4v) is 2.91. The van der Waals surface area contributed by atoms with Crippen LogP contribution in [-0.4, -0.2) is 43.5 Å².